The predicted molar refractivity (Wildman–Crippen MR) is 95.6 cm³/mol. The maximum atomic E-state index is 12.9. The van der Waals surface area contributed by atoms with Crippen LogP contribution in [0.2, 0.25) is 0 Å². The van der Waals surface area contributed by atoms with Gasteiger partial charge in [0.2, 0.25) is 0 Å². The average Bonchev–Trinajstić information content (AvgIpc) is 3.32. The Balaban J connectivity index is 1.68. The number of hydrazone groups is 1. The van der Waals surface area contributed by atoms with Crippen LogP contribution in [0.4, 0.5) is 0 Å². The first-order valence-corrected chi connectivity index (χ1v) is 8.59. The summed E-state index contributed by atoms with van der Waals surface area (Å²) >= 11 is 1.48. The van der Waals surface area contributed by atoms with Crippen LogP contribution in [0.25, 0.3) is 0 Å². The van der Waals surface area contributed by atoms with E-state index >= 15 is 0 Å². The monoisotopic (exact) mass is 336 g/mol. The van der Waals surface area contributed by atoms with Crippen LogP contribution in [-0.4, -0.2) is 21.8 Å². The standard InChI is InChI=1S/C18H16N4OS/c23-18(15-9-5-2-6-10-15)22-16(14-7-3-1-4-8-14)13-17(19-22)21-11-12-24-20-21/h1-12,16,20H,13H2. The van der Waals surface area contributed by atoms with E-state index in [1.165, 1.54) is 11.9 Å². The minimum absolute atomic E-state index is 0.0877. The molecule has 1 N–H and O–H groups in total. The van der Waals surface area contributed by atoms with Gasteiger partial charge in [0.05, 0.1) is 6.04 Å². The molecule has 0 spiro atoms. The molecule has 1 atom stereocenters. The highest BCUT2D eigenvalue weighted by atomic mass is 32.2. The number of rotatable bonds is 2. The molecule has 6 heteroatoms. The van der Waals surface area contributed by atoms with Crippen molar-refractivity contribution in [1.82, 2.24) is 14.8 Å². The molecule has 0 aromatic heterocycles. The van der Waals surface area contributed by atoms with E-state index in [-0.39, 0.29) is 11.9 Å². The van der Waals surface area contributed by atoms with Crippen molar-refractivity contribution in [2.75, 3.05) is 0 Å². The molecule has 1 unspecified atom stereocenters. The molecular weight excluding hydrogens is 320 g/mol. The van der Waals surface area contributed by atoms with Gasteiger partial charge in [-0.25, -0.2) is 5.01 Å². The SMILES string of the molecule is O=C(c1ccccc1)N1N=C(N2C=CSN2)CC1c1ccccc1. The minimum atomic E-state index is -0.102. The molecule has 2 aromatic rings. The Morgan fingerprint density at radius 1 is 1.08 bits per heavy atom. The molecule has 0 radical (unpaired) electrons. The third kappa shape index (κ3) is 2.81. The van der Waals surface area contributed by atoms with Gasteiger partial charge in [0.1, 0.15) is 5.84 Å². The molecule has 0 fully saturated rings. The van der Waals surface area contributed by atoms with E-state index in [0.717, 1.165) is 11.4 Å². The van der Waals surface area contributed by atoms with Crippen LogP contribution in [0.3, 0.4) is 0 Å². The highest BCUT2D eigenvalue weighted by Gasteiger charge is 2.35. The fourth-order valence-electron chi connectivity index (χ4n) is 2.82. The van der Waals surface area contributed by atoms with Crippen LogP contribution in [0.1, 0.15) is 28.4 Å². The van der Waals surface area contributed by atoms with E-state index in [0.29, 0.717) is 12.0 Å². The summed E-state index contributed by atoms with van der Waals surface area (Å²) in [5, 5.41) is 10.0. The maximum Gasteiger partial charge on any atom is 0.274 e. The number of nitrogens with zero attached hydrogens (tertiary/aromatic N) is 3. The van der Waals surface area contributed by atoms with Gasteiger partial charge in [0, 0.05) is 23.6 Å². The van der Waals surface area contributed by atoms with Crippen LogP contribution in [0, 0.1) is 0 Å². The Labute approximate surface area is 144 Å². The summed E-state index contributed by atoms with van der Waals surface area (Å²) in [6.45, 7) is 0. The van der Waals surface area contributed by atoms with Crippen molar-refractivity contribution in [2.45, 2.75) is 12.5 Å². The van der Waals surface area contributed by atoms with Crippen molar-refractivity contribution < 1.29 is 4.79 Å². The molecule has 1 amide bonds. The molecule has 0 saturated heterocycles. The second-order valence-corrected chi connectivity index (χ2v) is 6.22. The van der Waals surface area contributed by atoms with Gasteiger partial charge in [-0.15, -0.1) is 0 Å². The molecule has 120 valence electrons. The van der Waals surface area contributed by atoms with Gasteiger partial charge in [-0.3, -0.25) is 9.80 Å². The van der Waals surface area contributed by atoms with Gasteiger partial charge in [-0.05, 0) is 29.6 Å². The summed E-state index contributed by atoms with van der Waals surface area (Å²) in [6.07, 6.45) is 2.59. The highest BCUT2D eigenvalue weighted by Crippen LogP contribution is 2.33. The van der Waals surface area contributed by atoms with Gasteiger partial charge in [-0.1, -0.05) is 48.5 Å². The molecule has 24 heavy (non-hydrogen) atoms. The first-order valence-electron chi connectivity index (χ1n) is 7.71. The zero-order valence-electron chi connectivity index (χ0n) is 12.9. The molecule has 2 heterocycles. The quantitative estimate of drug-likeness (QED) is 0.853. The molecule has 0 saturated carbocycles. The number of benzene rings is 2. The van der Waals surface area contributed by atoms with Crippen molar-refractivity contribution in [3.8, 4) is 0 Å². The summed E-state index contributed by atoms with van der Waals surface area (Å²) in [6, 6.07) is 19.2. The van der Waals surface area contributed by atoms with Crippen LogP contribution in [-0.2, 0) is 0 Å². The number of carbonyl (C=O) groups is 1. The fraction of sp³-hybridized carbons (Fsp3) is 0.111. The smallest absolute Gasteiger partial charge is 0.267 e. The normalized spacial score (nSPS) is 19.7. The second kappa shape index (κ2) is 6.51. The number of amides is 1. The van der Waals surface area contributed by atoms with Gasteiger partial charge in [0.15, 0.2) is 0 Å². The molecule has 0 bridgehead atoms. The first kappa shape index (κ1) is 15.0. The third-order valence-corrected chi connectivity index (χ3v) is 4.57. The largest absolute Gasteiger partial charge is 0.274 e. The van der Waals surface area contributed by atoms with Crippen LogP contribution < -0.4 is 4.83 Å². The number of nitrogens with one attached hydrogen (secondary N) is 1. The lowest BCUT2D eigenvalue weighted by Crippen LogP contribution is -2.30. The molecular formula is C18H16N4OS. The van der Waals surface area contributed by atoms with Gasteiger partial charge < -0.3 is 0 Å². The topological polar surface area (TPSA) is 47.9 Å². The van der Waals surface area contributed by atoms with Crippen LogP contribution in [0.5, 0.6) is 0 Å². The molecule has 2 aliphatic heterocycles. The Morgan fingerprint density at radius 3 is 2.46 bits per heavy atom. The summed E-state index contributed by atoms with van der Waals surface area (Å²) in [4.78, 5) is 16.1. The highest BCUT2D eigenvalue weighted by molar-refractivity contribution is 8.00. The van der Waals surface area contributed by atoms with E-state index in [9.17, 15) is 4.79 Å². The first-order chi connectivity index (χ1) is 11.8. The summed E-state index contributed by atoms with van der Waals surface area (Å²) < 4.78 is 0. The lowest BCUT2D eigenvalue weighted by molar-refractivity contribution is 0.0711. The van der Waals surface area contributed by atoms with Crippen molar-refractivity contribution in [3.05, 3.63) is 83.4 Å². The summed E-state index contributed by atoms with van der Waals surface area (Å²) in [5.74, 6) is 0.740. The van der Waals surface area contributed by atoms with Gasteiger partial charge in [-0.2, -0.15) is 9.93 Å². The number of hydrazine groups is 1. The zero-order chi connectivity index (χ0) is 16.4. The van der Waals surface area contributed by atoms with Crippen molar-refractivity contribution in [1.29, 1.82) is 0 Å². The molecule has 0 aliphatic carbocycles. The zero-order valence-corrected chi connectivity index (χ0v) is 13.7. The molecule has 2 aromatic carbocycles. The van der Waals surface area contributed by atoms with Crippen molar-refractivity contribution >= 4 is 23.7 Å². The van der Waals surface area contributed by atoms with E-state index in [1.54, 1.807) is 5.01 Å². The van der Waals surface area contributed by atoms with Crippen molar-refractivity contribution in [2.24, 2.45) is 5.10 Å². The van der Waals surface area contributed by atoms with E-state index in [1.807, 2.05) is 77.3 Å². The fourth-order valence-corrected chi connectivity index (χ4v) is 3.35. The number of hydrogen-bond donors (Lipinski definition) is 1. The van der Waals surface area contributed by atoms with Gasteiger partial charge >= 0.3 is 0 Å². The Kier molecular flexibility index (Phi) is 4.06. The van der Waals surface area contributed by atoms with E-state index < -0.39 is 0 Å². The second-order valence-electron chi connectivity index (χ2n) is 5.53. The summed E-state index contributed by atoms with van der Waals surface area (Å²) in [5.41, 5.74) is 1.72. The van der Waals surface area contributed by atoms with E-state index in [2.05, 4.69) is 9.93 Å². The predicted octanol–water partition coefficient (Wildman–Crippen LogP) is 3.53. The van der Waals surface area contributed by atoms with Crippen LogP contribution >= 0.6 is 11.9 Å². The van der Waals surface area contributed by atoms with Crippen LogP contribution in [0.15, 0.2) is 77.4 Å². The Hall–Kier alpha value is -2.57. The lowest BCUT2D eigenvalue weighted by Gasteiger charge is -2.21. The molecule has 5 nitrogen and oxygen atoms in total. The average molecular weight is 336 g/mol. The Bertz CT molecular complexity index is 791. The van der Waals surface area contributed by atoms with E-state index in [4.69, 9.17) is 0 Å². The van der Waals surface area contributed by atoms with Gasteiger partial charge in [0.25, 0.3) is 5.91 Å². The summed E-state index contributed by atoms with van der Waals surface area (Å²) in [7, 11) is 0. The molecule has 2 aliphatic rings. The molecule has 4 rings (SSSR count). The van der Waals surface area contributed by atoms with Crippen molar-refractivity contribution in [3.63, 3.8) is 0 Å². The number of amidine groups is 1. The third-order valence-electron chi connectivity index (χ3n) is 4.01. The minimum Gasteiger partial charge on any atom is -0.267 e. The maximum absolute atomic E-state index is 12.9. The number of hydrogen-bond acceptors (Lipinski definition) is 5. The lowest BCUT2D eigenvalue weighted by atomic mass is 10.0. The Morgan fingerprint density at radius 2 is 1.79 bits per heavy atom. The number of carbonyl (C=O) groups excluding carboxylic acids is 1.